The summed E-state index contributed by atoms with van der Waals surface area (Å²) in [5.74, 6) is 0.463. The number of nitrogens with zero attached hydrogens (tertiary/aromatic N) is 1. The second-order valence-electron chi connectivity index (χ2n) is 6.75. The lowest BCUT2D eigenvalue weighted by Gasteiger charge is -2.20. The van der Waals surface area contributed by atoms with Gasteiger partial charge in [-0.15, -0.1) is 0 Å². The first-order valence-electron chi connectivity index (χ1n) is 8.76. The third-order valence-electron chi connectivity index (χ3n) is 4.63. The zero-order valence-corrected chi connectivity index (χ0v) is 15.6. The van der Waals surface area contributed by atoms with Crippen molar-refractivity contribution in [2.75, 3.05) is 18.1 Å². The minimum atomic E-state index is -0.624. The molecule has 3 rings (SSSR count). The maximum atomic E-state index is 13.0. The number of carbonyl (C=O) groups excluding carboxylic acids is 2. The maximum absolute atomic E-state index is 13.0. The minimum Gasteiger partial charge on any atom is -0.492 e. The molecule has 1 N–H and O–H groups in total. The Kier molecular flexibility index (Phi) is 4.98. The number of amides is 2. The normalized spacial score (nSPS) is 15.8. The maximum Gasteiger partial charge on any atom is 0.254 e. The molecule has 26 heavy (non-hydrogen) atoms. The molecule has 2 aromatic rings. The van der Waals surface area contributed by atoms with Crippen molar-refractivity contribution in [3.05, 3.63) is 58.7 Å². The van der Waals surface area contributed by atoms with E-state index in [-0.39, 0.29) is 11.8 Å². The molecule has 0 saturated carbocycles. The summed E-state index contributed by atoms with van der Waals surface area (Å²) in [5, 5.41) is 2.79. The van der Waals surface area contributed by atoms with E-state index in [1.54, 1.807) is 4.90 Å². The summed E-state index contributed by atoms with van der Waals surface area (Å²) in [6.45, 7) is 8.21. The fraction of sp³-hybridized carbons (Fsp3) is 0.333. The highest BCUT2D eigenvalue weighted by molar-refractivity contribution is 6.07. The predicted octanol–water partition coefficient (Wildman–Crippen LogP) is 3.21. The Labute approximate surface area is 154 Å². The van der Waals surface area contributed by atoms with Crippen LogP contribution in [-0.2, 0) is 9.59 Å². The van der Waals surface area contributed by atoms with Crippen LogP contribution in [0.15, 0.2) is 36.4 Å². The number of anilines is 1. The van der Waals surface area contributed by atoms with Gasteiger partial charge in [0.05, 0.1) is 12.2 Å². The summed E-state index contributed by atoms with van der Waals surface area (Å²) in [4.78, 5) is 26.3. The van der Waals surface area contributed by atoms with Crippen molar-refractivity contribution in [1.82, 2.24) is 5.32 Å². The van der Waals surface area contributed by atoms with Gasteiger partial charge in [-0.1, -0.05) is 24.3 Å². The molecule has 2 amide bonds. The highest BCUT2D eigenvalue weighted by Crippen LogP contribution is 2.40. The summed E-state index contributed by atoms with van der Waals surface area (Å²) in [6.07, 6.45) is 0. The highest BCUT2D eigenvalue weighted by atomic mass is 16.5. The van der Waals surface area contributed by atoms with Crippen molar-refractivity contribution in [2.24, 2.45) is 0 Å². The predicted molar refractivity (Wildman–Crippen MR) is 102 cm³/mol. The van der Waals surface area contributed by atoms with Gasteiger partial charge >= 0.3 is 0 Å². The first kappa shape index (κ1) is 18.0. The largest absolute Gasteiger partial charge is 0.492 e. The number of aryl methyl sites for hydroxylation is 3. The molecule has 5 nitrogen and oxygen atoms in total. The number of benzene rings is 2. The molecule has 0 radical (unpaired) electrons. The number of carbonyl (C=O) groups is 2. The van der Waals surface area contributed by atoms with Crippen LogP contribution >= 0.6 is 0 Å². The molecule has 0 aromatic heterocycles. The van der Waals surface area contributed by atoms with Crippen LogP contribution in [0.25, 0.3) is 0 Å². The number of fused-ring (bicyclic) bond motifs is 1. The zero-order chi connectivity index (χ0) is 18.8. The van der Waals surface area contributed by atoms with E-state index in [1.165, 1.54) is 6.92 Å². The standard InChI is InChI=1S/C21H24N2O3/c1-13-6-5-7-17(12-13)26-11-10-23-20-15(3)9-8-14(2)18(20)19(21(23)25)22-16(4)24/h5-9,12,19H,10-11H2,1-4H3,(H,22,24)/t19-/m0/s1. The lowest BCUT2D eigenvalue weighted by Crippen LogP contribution is -2.38. The van der Waals surface area contributed by atoms with E-state index >= 15 is 0 Å². The molecule has 0 saturated heterocycles. The van der Waals surface area contributed by atoms with Gasteiger partial charge in [0, 0.05) is 12.5 Å². The first-order valence-corrected chi connectivity index (χ1v) is 8.76. The van der Waals surface area contributed by atoms with Gasteiger partial charge in [-0.2, -0.15) is 0 Å². The number of rotatable bonds is 5. The molecule has 0 unspecified atom stereocenters. The molecule has 0 spiro atoms. The Morgan fingerprint density at radius 2 is 1.88 bits per heavy atom. The van der Waals surface area contributed by atoms with Gasteiger partial charge in [0.15, 0.2) is 0 Å². The van der Waals surface area contributed by atoms with E-state index in [4.69, 9.17) is 4.74 Å². The number of nitrogens with one attached hydrogen (secondary N) is 1. The third-order valence-corrected chi connectivity index (χ3v) is 4.63. The Hall–Kier alpha value is -2.82. The summed E-state index contributed by atoms with van der Waals surface area (Å²) < 4.78 is 5.82. The lowest BCUT2D eigenvalue weighted by molar-refractivity contribution is -0.126. The Morgan fingerprint density at radius 1 is 1.15 bits per heavy atom. The Morgan fingerprint density at radius 3 is 2.58 bits per heavy atom. The lowest BCUT2D eigenvalue weighted by atomic mass is 9.99. The third kappa shape index (κ3) is 3.43. The molecular formula is C21H24N2O3. The van der Waals surface area contributed by atoms with Crippen LogP contribution in [0.5, 0.6) is 5.75 Å². The van der Waals surface area contributed by atoms with Crippen molar-refractivity contribution in [3.63, 3.8) is 0 Å². The molecule has 5 heteroatoms. The van der Waals surface area contributed by atoms with Crippen LogP contribution in [0, 0.1) is 20.8 Å². The van der Waals surface area contributed by atoms with E-state index in [0.717, 1.165) is 33.7 Å². The Bertz CT molecular complexity index is 860. The fourth-order valence-corrected chi connectivity index (χ4v) is 3.45. The van der Waals surface area contributed by atoms with Crippen LogP contribution in [-0.4, -0.2) is 25.0 Å². The van der Waals surface area contributed by atoms with E-state index < -0.39 is 6.04 Å². The molecule has 1 aliphatic heterocycles. The number of ether oxygens (including phenoxy) is 1. The summed E-state index contributed by atoms with van der Waals surface area (Å²) in [7, 11) is 0. The van der Waals surface area contributed by atoms with Crippen molar-refractivity contribution < 1.29 is 14.3 Å². The quantitative estimate of drug-likeness (QED) is 0.899. The van der Waals surface area contributed by atoms with Gasteiger partial charge in [0.2, 0.25) is 5.91 Å². The van der Waals surface area contributed by atoms with Crippen LogP contribution in [0.2, 0.25) is 0 Å². The SMILES string of the molecule is CC(=O)N[C@@H]1C(=O)N(CCOc2cccc(C)c2)c2c(C)ccc(C)c21. The summed E-state index contributed by atoms with van der Waals surface area (Å²) >= 11 is 0. The van der Waals surface area contributed by atoms with Gasteiger partial charge in [-0.25, -0.2) is 0 Å². The van der Waals surface area contributed by atoms with Crippen LogP contribution in [0.3, 0.4) is 0 Å². The van der Waals surface area contributed by atoms with Gasteiger partial charge in [-0.3, -0.25) is 9.59 Å². The second-order valence-corrected chi connectivity index (χ2v) is 6.75. The minimum absolute atomic E-state index is 0.111. The molecular weight excluding hydrogens is 328 g/mol. The number of hydrogen-bond acceptors (Lipinski definition) is 3. The molecule has 0 fully saturated rings. The topological polar surface area (TPSA) is 58.6 Å². The molecule has 1 atom stereocenters. The van der Waals surface area contributed by atoms with E-state index in [2.05, 4.69) is 5.32 Å². The van der Waals surface area contributed by atoms with Crippen LogP contribution in [0.4, 0.5) is 5.69 Å². The van der Waals surface area contributed by atoms with Crippen LogP contribution in [0.1, 0.15) is 35.2 Å². The van der Waals surface area contributed by atoms with Crippen LogP contribution < -0.4 is 15.0 Å². The summed E-state index contributed by atoms with van der Waals surface area (Å²) in [6, 6.07) is 11.2. The molecule has 0 aliphatic carbocycles. The highest BCUT2D eigenvalue weighted by Gasteiger charge is 2.39. The van der Waals surface area contributed by atoms with Gasteiger partial charge in [-0.05, 0) is 49.6 Å². The smallest absolute Gasteiger partial charge is 0.254 e. The van der Waals surface area contributed by atoms with E-state index in [0.29, 0.717) is 13.2 Å². The first-order chi connectivity index (χ1) is 12.4. The molecule has 136 valence electrons. The van der Waals surface area contributed by atoms with Crippen molar-refractivity contribution >= 4 is 17.5 Å². The zero-order valence-electron chi connectivity index (χ0n) is 15.6. The van der Waals surface area contributed by atoms with E-state index in [9.17, 15) is 9.59 Å². The molecule has 0 bridgehead atoms. The average molecular weight is 352 g/mol. The molecule has 1 aliphatic rings. The number of hydrogen-bond donors (Lipinski definition) is 1. The van der Waals surface area contributed by atoms with Gasteiger partial charge in [0.25, 0.3) is 5.91 Å². The van der Waals surface area contributed by atoms with Gasteiger partial charge in [0.1, 0.15) is 18.4 Å². The Balaban J connectivity index is 1.82. The fourth-order valence-electron chi connectivity index (χ4n) is 3.45. The molecule has 1 heterocycles. The monoisotopic (exact) mass is 352 g/mol. The molecule has 2 aromatic carbocycles. The van der Waals surface area contributed by atoms with Gasteiger partial charge < -0.3 is 15.0 Å². The van der Waals surface area contributed by atoms with Crippen molar-refractivity contribution in [3.8, 4) is 5.75 Å². The average Bonchev–Trinajstić information content (AvgIpc) is 2.85. The van der Waals surface area contributed by atoms with E-state index in [1.807, 2.05) is 57.2 Å². The summed E-state index contributed by atoms with van der Waals surface area (Å²) in [5.41, 5.74) is 4.92. The second kappa shape index (κ2) is 7.20. The van der Waals surface area contributed by atoms with Crippen molar-refractivity contribution in [1.29, 1.82) is 0 Å². The van der Waals surface area contributed by atoms with Crippen molar-refractivity contribution in [2.45, 2.75) is 33.7 Å².